The van der Waals surface area contributed by atoms with Crippen LogP contribution in [-0.4, -0.2) is 17.7 Å². The molecule has 2 unspecified atom stereocenters. The zero-order chi connectivity index (χ0) is 9.97. The lowest BCUT2D eigenvalue weighted by Crippen LogP contribution is -2.38. The van der Waals surface area contributed by atoms with Gasteiger partial charge in [-0.1, -0.05) is 13.3 Å². The first-order chi connectivity index (χ1) is 6.74. The van der Waals surface area contributed by atoms with Crippen LogP contribution in [-0.2, 0) is 0 Å². The molecule has 2 atom stereocenters. The van der Waals surface area contributed by atoms with Crippen molar-refractivity contribution in [1.29, 1.82) is 0 Å². The normalized spacial score (nSPS) is 31.5. The summed E-state index contributed by atoms with van der Waals surface area (Å²) in [6.07, 6.45) is 6.74. The zero-order valence-corrected chi connectivity index (χ0v) is 9.70. The van der Waals surface area contributed by atoms with E-state index in [4.69, 9.17) is 12.2 Å². The van der Waals surface area contributed by atoms with Crippen molar-refractivity contribution in [1.82, 2.24) is 10.6 Å². The van der Waals surface area contributed by atoms with E-state index in [1.54, 1.807) is 0 Å². The zero-order valence-electron chi connectivity index (χ0n) is 8.88. The van der Waals surface area contributed by atoms with E-state index < -0.39 is 0 Å². The van der Waals surface area contributed by atoms with Crippen molar-refractivity contribution in [3.8, 4) is 0 Å². The van der Waals surface area contributed by atoms with Gasteiger partial charge in [0, 0.05) is 12.6 Å². The number of hydrogen-bond acceptors (Lipinski definition) is 1. The third-order valence-corrected chi connectivity index (χ3v) is 3.53. The van der Waals surface area contributed by atoms with Crippen LogP contribution in [0.2, 0.25) is 0 Å². The molecule has 0 aliphatic heterocycles. The van der Waals surface area contributed by atoms with E-state index in [1.165, 1.54) is 32.1 Å². The quantitative estimate of drug-likeness (QED) is 0.700. The SMILES string of the molecule is CC1CCC(CNC(=S)NC2CC2)C1. The molecule has 2 rings (SSSR count). The average molecular weight is 212 g/mol. The fourth-order valence-corrected chi connectivity index (χ4v) is 2.46. The maximum atomic E-state index is 5.21. The summed E-state index contributed by atoms with van der Waals surface area (Å²) >= 11 is 5.21. The molecule has 2 nitrogen and oxygen atoms in total. The highest BCUT2D eigenvalue weighted by Gasteiger charge is 2.23. The molecular weight excluding hydrogens is 192 g/mol. The van der Waals surface area contributed by atoms with Crippen LogP contribution in [0.4, 0.5) is 0 Å². The van der Waals surface area contributed by atoms with E-state index in [0.717, 1.165) is 23.5 Å². The molecule has 0 aromatic heterocycles. The molecule has 0 aromatic rings. The first-order valence-corrected chi connectivity index (χ1v) is 6.19. The standard InChI is InChI=1S/C11H20N2S/c1-8-2-3-9(6-8)7-12-11(14)13-10-4-5-10/h8-10H,2-7H2,1H3,(H2,12,13,14). The van der Waals surface area contributed by atoms with Crippen LogP contribution in [0.25, 0.3) is 0 Å². The minimum absolute atomic E-state index is 0.678. The van der Waals surface area contributed by atoms with Gasteiger partial charge in [-0.25, -0.2) is 0 Å². The lowest BCUT2D eigenvalue weighted by atomic mass is 10.1. The summed E-state index contributed by atoms with van der Waals surface area (Å²) in [5.41, 5.74) is 0. The summed E-state index contributed by atoms with van der Waals surface area (Å²) in [5.74, 6) is 1.77. The second kappa shape index (κ2) is 4.47. The molecule has 14 heavy (non-hydrogen) atoms. The van der Waals surface area contributed by atoms with Crippen molar-refractivity contribution in [2.24, 2.45) is 11.8 Å². The Hall–Kier alpha value is -0.310. The molecule has 0 radical (unpaired) electrons. The van der Waals surface area contributed by atoms with Gasteiger partial charge < -0.3 is 10.6 Å². The first-order valence-electron chi connectivity index (χ1n) is 5.78. The Balaban J connectivity index is 1.59. The van der Waals surface area contributed by atoms with E-state index in [2.05, 4.69) is 17.6 Å². The minimum atomic E-state index is 0.678. The van der Waals surface area contributed by atoms with Crippen molar-refractivity contribution in [3.63, 3.8) is 0 Å². The number of rotatable bonds is 3. The van der Waals surface area contributed by atoms with Crippen LogP contribution >= 0.6 is 12.2 Å². The third kappa shape index (κ3) is 3.12. The molecule has 2 fully saturated rings. The van der Waals surface area contributed by atoms with Crippen LogP contribution in [0.15, 0.2) is 0 Å². The highest BCUT2D eigenvalue weighted by atomic mass is 32.1. The summed E-state index contributed by atoms with van der Waals surface area (Å²) < 4.78 is 0. The van der Waals surface area contributed by atoms with E-state index in [-0.39, 0.29) is 0 Å². The highest BCUT2D eigenvalue weighted by molar-refractivity contribution is 7.80. The van der Waals surface area contributed by atoms with Crippen LogP contribution < -0.4 is 10.6 Å². The largest absolute Gasteiger partial charge is 0.362 e. The second-order valence-corrected chi connectivity index (χ2v) is 5.32. The van der Waals surface area contributed by atoms with Crippen molar-refractivity contribution < 1.29 is 0 Å². The van der Waals surface area contributed by atoms with E-state index in [1.807, 2.05) is 0 Å². The maximum absolute atomic E-state index is 5.21. The number of nitrogens with one attached hydrogen (secondary N) is 2. The van der Waals surface area contributed by atoms with Crippen molar-refractivity contribution in [2.75, 3.05) is 6.54 Å². The lowest BCUT2D eigenvalue weighted by Gasteiger charge is -2.13. The summed E-state index contributed by atoms with van der Waals surface area (Å²) in [5, 5.41) is 7.51. The van der Waals surface area contributed by atoms with Gasteiger partial charge in [0.2, 0.25) is 0 Å². The summed E-state index contributed by atoms with van der Waals surface area (Å²) in [6.45, 7) is 3.42. The molecule has 2 saturated carbocycles. The summed E-state index contributed by atoms with van der Waals surface area (Å²) in [4.78, 5) is 0. The van der Waals surface area contributed by atoms with Gasteiger partial charge in [0.15, 0.2) is 5.11 Å². The molecule has 0 heterocycles. The molecule has 0 saturated heterocycles. The molecule has 0 aromatic carbocycles. The predicted octanol–water partition coefficient (Wildman–Crippen LogP) is 2.05. The fourth-order valence-electron chi connectivity index (χ4n) is 2.21. The molecular formula is C11H20N2S. The monoisotopic (exact) mass is 212 g/mol. The highest BCUT2D eigenvalue weighted by Crippen LogP contribution is 2.29. The first kappa shape index (κ1) is 10.2. The van der Waals surface area contributed by atoms with Gasteiger partial charge in [0.1, 0.15) is 0 Å². The number of hydrogen-bond donors (Lipinski definition) is 2. The van der Waals surface area contributed by atoms with Gasteiger partial charge in [0.25, 0.3) is 0 Å². The predicted molar refractivity (Wildman–Crippen MR) is 63.3 cm³/mol. The van der Waals surface area contributed by atoms with Crippen molar-refractivity contribution >= 4 is 17.3 Å². The second-order valence-electron chi connectivity index (χ2n) is 4.91. The summed E-state index contributed by atoms with van der Waals surface area (Å²) in [7, 11) is 0. The van der Waals surface area contributed by atoms with Crippen LogP contribution in [0.5, 0.6) is 0 Å². The van der Waals surface area contributed by atoms with Crippen LogP contribution in [0.1, 0.15) is 39.0 Å². The minimum Gasteiger partial charge on any atom is -0.362 e. The van der Waals surface area contributed by atoms with Gasteiger partial charge in [-0.3, -0.25) is 0 Å². The van der Waals surface area contributed by atoms with Crippen LogP contribution in [0.3, 0.4) is 0 Å². The van der Waals surface area contributed by atoms with E-state index >= 15 is 0 Å². The van der Waals surface area contributed by atoms with E-state index in [0.29, 0.717) is 6.04 Å². The molecule has 3 heteroatoms. The van der Waals surface area contributed by atoms with Crippen molar-refractivity contribution in [2.45, 2.75) is 45.1 Å². The molecule has 2 aliphatic rings. The lowest BCUT2D eigenvalue weighted by molar-refractivity contribution is 0.505. The van der Waals surface area contributed by atoms with Gasteiger partial charge in [-0.05, 0) is 49.7 Å². The Kier molecular flexibility index (Phi) is 3.26. The molecule has 80 valence electrons. The topological polar surface area (TPSA) is 24.1 Å². The maximum Gasteiger partial charge on any atom is 0.166 e. The van der Waals surface area contributed by atoms with Gasteiger partial charge in [0.05, 0.1) is 0 Å². The van der Waals surface area contributed by atoms with Gasteiger partial charge >= 0.3 is 0 Å². The summed E-state index contributed by atoms with van der Waals surface area (Å²) in [6, 6.07) is 0.678. The third-order valence-electron chi connectivity index (χ3n) is 3.27. The molecule has 0 bridgehead atoms. The molecule has 2 N–H and O–H groups in total. The smallest absolute Gasteiger partial charge is 0.166 e. The van der Waals surface area contributed by atoms with Crippen molar-refractivity contribution in [3.05, 3.63) is 0 Å². The van der Waals surface area contributed by atoms with Gasteiger partial charge in [-0.2, -0.15) is 0 Å². The number of thiocarbonyl (C=S) groups is 1. The molecule has 2 aliphatic carbocycles. The average Bonchev–Trinajstić information content (AvgIpc) is 2.85. The molecule has 0 amide bonds. The molecule has 0 spiro atoms. The Morgan fingerprint density at radius 3 is 2.64 bits per heavy atom. The van der Waals surface area contributed by atoms with Crippen LogP contribution in [0, 0.1) is 11.8 Å². The Morgan fingerprint density at radius 1 is 1.29 bits per heavy atom. The fraction of sp³-hybridized carbons (Fsp3) is 0.909. The Bertz CT molecular complexity index is 213. The van der Waals surface area contributed by atoms with Gasteiger partial charge in [-0.15, -0.1) is 0 Å². The Morgan fingerprint density at radius 2 is 2.07 bits per heavy atom. The van der Waals surface area contributed by atoms with E-state index in [9.17, 15) is 0 Å². The Labute approximate surface area is 91.8 Å².